The SMILES string of the molecule is CCC(C)CN(C)c1nc(C(=O)O)c(C)s1. The molecule has 0 aromatic carbocycles. The second-order valence-corrected chi connectivity index (χ2v) is 5.28. The lowest BCUT2D eigenvalue weighted by atomic mass is 10.1. The first-order chi connectivity index (χ1) is 7.45. The first kappa shape index (κ1) is 13.0. The van der Waals surface area contributed by atoms with E-state index in [9.17, 15) is 4.79 Å². The summed E-state index contributed by atoms with van der Waals surface area (Å²) in [7, 11) is 1.95. The number of carboxylic acids is 1. The van der Waals surface area contributed by atoms with E-state index in [0.29, 0.717) is 5.92 Å². The minimum Gasteiger partial charge on any atom is -0.476 e. The Hall–Kier alpha value is -1.10. The molecular formula is C11H18N2O2S. The fourth-order valence-electron chi connectivity index (χ4n) is 1.42. The molecule has 0 radical (unpaired) electrons. The molecule has 0 aliphatic rings. The number of aromatic carboxylic acids is 1. The fourth-order valence-corrected chi connectivity index (χ4v) is 2.29. The second kappa shape index (κ2) is 5.30. The van der Waals surface area contributed by atoms with Crippen molar-refractivity contribution in [2.45, 2.75) is 27.2 Å². The third kappa shape index (κ3) is 2.95. The highest BCUT2D eigenvalue weighted by Crippen LogP contribution is 2.25. The van der Waals surface area contributed by atoms with E-state index in [0.717, 1.165) is 23.0 Å². The van der Waals surface area contributed by atoms with Gasteiger partial charge in [-0.15, -0.1) is 11.3 Å². The Morgan fingerprint density at radius 2 is 2.25 bits per heavy atom. The molecule has 0 fully saturated rings. The number of aromatic nitrogens is 1. The van der Waals surface area contributed by atoms with Gasteiger partial charge in [0.2, 0.25) is 0 Å². The van der Waals surface area contributed by atoms with E-state index in [2.05, 4.69) is 18.8 Å². The van der Waals surface area contributed by atoms with Gasteiger partial charge in [0.05, 0.1) is 0 Å². The van der Waals surface area contributed by atoms with Gasteiger partial charge >= 0.3 is 5.97 Å². The van der Waals surface area contributed by atoms with E-state index in [1.54, 1.807) is 6.92 Å². The molecule has 90 valence electrons. The summed E-state index contributed by atoms with van der Waals surface area (Å²) in [6.07, 6.45) is 1.11. The Morgan fingerprint density at radius 3 is 2.69 bits per heavy atom. The van der Waals surface area contributed by atoms with Crippen molar-refractivity contribution >= 4 is 22.4 Å². The van der Waals surface area contributed by atoms with Crippen LogP contribution in [0.5, 0.6) is 0 Å². The molecule has 16 heavy (non-hydrogen) atoms. The number of nitrogens with zero attached hydrogens (tertiary/aromatic N) is 2. The van der Waals surface area contributed by atoms with Crippen LogP contribution in [0.25, 0.3) is 0 Å². The predicted octanol–water partition coefficient (Wildman–Crippen LogP) is 2.63. The zero-order chi connectivity index (χ0) is 12.3. The van der Waals surface area contributed by atoms with Crippen molar-refractivity contribution in [3.05, 3.63) is 10.6 Å². The topological polar surface area (TPSA) is 53.4 Å². The number of aryl methyl sites for hydroxylation is 1. The van der Waals surface area contributed by atoms with E-state index in [-0.39, 0.29) is 5.69 Å². The minimum atomic E-state index is -0.947. The standard InChI is InChI=1S/C11H18N2O2S/c1-5-7(2)6-13(4)11-12-9(10(14)15)8(3)16-11/h7H,5-6H2,1-4H3,(H,14,15). The number of thiazole rings is 1. The molecule has 0 amide bonds. The first-order valence-electron chi connectivity index (χ1n) is 5.37. The van der Waals surface area contributed by atoms with Gasteiger partial charge < -0.3 is 10.0 Å². The average molecular weight is 242 g/mol. The molecule has 1 atom stereocenters. The molecule has 1 unspecified atom stereocenters. The van der Waals surface area contributed by atoms with Crippen molar-refractivity contribution in [2.75, 3.05) is 18.5 Å². The molecule has 4 nitrogen and oxygen atoms in total. The zero-order valence-corrected chi connectivity index (χ0v) is 11.0. The van der Waals surface area contributed by atoms with Gasteiger partial charge in [0.1, 0.15) is 0 Å². The van der Waals surface area contributed by atoms with Crippen molar-refractivity contribution in [3.63, 3.8) is 0 Å². The molecule has 0 saturated carbocycles. The van der Waals surface area contributed by atoms with Crippen LogP contribution in [0.15, 0.2) is 0 Å². The van der Waals surface area contributed by atoms with Crippen LogP contribution in [0.1, 0.15) is 35.6 Å². The van der Waals surface area contributed by atoms with Crippen LogP contribution in [0.3, 0.4) is 0 Å². The largest absolute Gasteiger partial charge is 0.476 e. The smallest absolute Gasteiger partial charge is 0.355 e. The summed E-state index contributed by atoms with van der Waals surface area (Å²) in [6.45, 7) is 7.02. The van der Waals surface area contributed by atoms with Crippen molar-refractivity contribution in [1.29, 1.82) is 0 Å². The maximum Gasteiger partial charge on any atom is 0.355 e. The zero-order valence-electron chi connectivity index (χ0n) is 10.1. The Balaban J connectivity index is 2.80. The molecule has 1 rings (SSSR count). The Kier molecular flexibility index (Phi) is 4.29. The molecule has 0 saturated heterocycles. The summed E-state index contributed by atoms with van der Waals surface area (Å²) in [5, 5.41) is 9.70. The Labute approximate surface area is 99.9 Å². The van der Waals surface area contributed by atoms with E-state index < -0.39 is 5.97 Å². The summed E-state index contributed by atoms with van der Waals surface area (Å²) < 4.78 is 0. The molecule has 0 spiro atoms. The number of carbonyl (C=O) groups is 1. The fraction of sp³-hybridized carbons (Fsp3) is 0.636. The van der Waals surface area contributed by atoms with E-state index in [1.165, 1.54) is 11.3 Å². The van der Waals surface area contributed by atoms with Gasteiger partial charge in [-0.05, 0) is 12.8 Å². The van der Waals surface area contributed by atoms with E-state index >= 15 is 0 Å². The van der Waals surface area contributed by atoms with Gasteiger partial charge in [0.15, 0.2) is 10.8 Å². The molecule has 5 heteroatoms. The third-order valence-corrected chi connectivity index (χ3v) is 3.68. The molecule has 0 aliphatic heterocycles. The van der Waals surface area contributed by atoms with Crippen molar-refractivity contribution in [3.8, 4) is 0 Å². The summed E-state index contributed by atoms with van der Waals surface area (Å²) in [5.41, 5.74) is 0.177. The van der Waals surface area contributed by atoms with Crippen LogP contribution in [-0.4, -0.2) is 29.7 Å². The highest BCUT2D eigenvalue weighted by atomic mass is 32.1. The third-order valence-electron chi connectivity index (χ3n) is 2.60. The Morgan fingerprint density at radius 1 is 1.62 bits per heavy atom. The maximum absolute atomic E-state index is 10.9. The lowest BCUT2D eigenvalue weighted by molar-refractivity contribution is 0.0690. The maximum atomic E-state index is 10.9. The summed E-state index contributed by atoms with van der Waals surface area (Å²) >= 11 is 1.44. The van der Waals surface area contributed by atoms with Gasteiger partial charge in [-0.1, -0.05) is 20.3 Å². The summed E-state index contributed by atoms with van der Waals surface area (Å²) in [5.74, 6) is -0.362. The Bertz CT molecular complexity index is 376. The number of rotatable bonds is 5. The van der Waals surface area contributed by atoms with Crippen LogP contribution in [0, 0.1) is 12.8 Å². The normalized spacial score (nSPS) is 12.5. The summed E-state index contributed by atoms with van der Waals surface area (Å²) in [4.78, 5) is 17.8. The summed E-state index contributed by atoms with van der Waals surface area (Å²) in [6, 6.07) is 0. The number of hydrogen-bond acceptors (Lipinski definition) is 4. The number of hydrogen-bond donors (Lipinski definition) is 1. The highest BCUT2D eigenvalue weighted by Gasteiger charge is 2.16. The monoisotopic (exact) mass is 242 g/mol. The molecule has 1 N–H and O–H groups in total. The van der Waals surface area contributed by atoms with Gasteiger partial charge in [-0.3, -0.25) is 0 Å². The average Bonchev–Trinajstić information content (AvgIpc) is 2.60. The molecule has 1 heterocycles. The van der Waals surface area contributed by atoms with Crippen LogP contribution in [0.4, 0.5) is 5.13 Å². The molecule has 1 aromatic rings. The van der Waals surface area contributed by atoms with Gasteiger partial charge in [-0.25, -0.2) is 9.78 Å². The molecular weight excluding hydrogens is 224 g/mol. The molecule has 0 aliphatic carbocycles. The molecule has 1 aromatic heterocycles. The van der Waals surface area contributed by atoms with Crippen LogP contribution >= 0.6 is 11.3 Å². The van der Waals surface area contributed by atoms with Crippen LogP contribution in [0.2, 0.25) is 0 Å². The van der Waals surface area contributed by atoms with Gasteiger partial charge in [0.25, 0.3) is 0 Å². The number of anilines is 1. The quantitative estimate of drug-likeness (QED) is 0.862. The van der Waals surface area contributed by atoms with Crippen molar-refractivity contribution in [2.24, 2.45) is 5.92 Å². The second-order valence-electron chi connectivity index (χ2n) is 4.10. The van der Waals surface area contributed by atoms with E-state index in [1.807, 2.05) is 11.9 Å². The lowest BCUT2D eigenvalue weighted by Gasteiger charge is -2.19. The van der Waals surface area contributed by atoms with Crippen molar-refractivity contribution in [1.82, 2.24) is 4.98 Å². The van der Waals surface area contributed by atoms with Gasteiger partial charge in [-0.2, -0.15) is 0 Å². The highest BCUT2D eigenvalue weighted by molar-refractivity contribution is 7.15. The lowest BCUT2D eigenvalue weighted by Crippen LogP contribution is -2.23. The predicted molar refractivity (Wildman–Crippen MR) is 66.5 cm³/mol. The van der Waals surface area contributed by atoms with Crippen LogP contribution < -0.4 is 4.90 Å². The van der Waals surface area contributed by atoms with Crippen LogP contribution in [-0.2, 0) is 0 Å². The number of carboxylic acid groups (broad SMARTS) is 1. The van der Waals surface area contributed by atoms with Gasteiger partial charge in [0, 0.05) is 18.5 Å². The van der Waals surface area contributed by atoms with Crippen molar-refractivity contribution < 1.29 is 9.90 Å². The minimum absolute atomic E-state index is 0.177. The molecule has 0 bridgehead atoms. The van der Waals surface area contributed by atoms with E-state index in [4.69, 9.17) is 5.11 Å². The first-order valence-corrected chi connectivity index (χ1v) is 6.19.